The maximum absolute atomic E-state index is 4.56. The number of hydrogen-bond donors (Lipinski definition) is 0. The maximum atomic E-state index is 4.56. The molecule has 1 aromatic rings. The summed E-state index contributed by atoms with van der Waals surface area (Å²) in [6.45, 7) is 8.34. The van der Waals surface area contributed by atoms with Crippen molar-refractivity contribution in [2.45, 2.75) is 46.2 Å². The molecule has 0 unspecified atom stereocenters. The third-order valence-electron chi connectivity index (χ3n) is 2.02. The van der Waals surface area contributed by atoms with Gasteiger partial charge in [0.15, 0.2) is 0 Å². The van der Waals surface area contributed by atoms with Crippen LogP contribution in [0.15, 0.2) is 35.3 Å². The average molecular weight is 357 g/mol. The summed E-state index contributed by atoms with van der Waals surface area (Å²) in [6.07, 6.45) is 0.831. The Morgan fingerprint density at radius 2 is 1.55 bits per heavy atom. The van der Waals surface area contributed by atoms with Crippen LogP contribution in [0.25, 0.3) is 5.32 Å². The number of amidine groups is 1. The van der Waals surface area contributed by atoms with E-state index in [0.29, 0.717) is 12.1 Å². The van der Waals surface area contributed by atoms with Crippen LogP contribution < -0.4 is 24.8 Å². The topological polar surface area (TPSA) is 58.0 Å². The summed E-state index contributed by atoms with van der Waals surface area (Å²) in [6, 6.07) is 11.0. The van der Waals surface area contributed by atoms with Crippen LogP contribution in [0.2, 0.25) is 0 Å². The zero-order valence-electron chi connectivity index (χ0n) is 12.3. The van der Waals surface area contributed by atoms with Crippen molar-refractivity contribution in [3.05, 3.63) is 41.2 Å². The zero-order chi connectivity index (χ0) is 12.0. The SMILES string of the molecule is CC(C)N=C(Cc1ccccc1)[N-]C(C)C.O.[Cl-].[Cl-].[V]. The minimum Gasteiger partial charge on any atom is -1.00 e. The Morgan fingerprint density at radius 3 is 1.95 bits per heavy atom. The van der Waals surface area contributed by atoms with Crippen molar-refractivity contribution in [1.82, 2.24) is 0 Å². The first-order valence-electron chi connectivity index (χ1n) is 5.89. The second-order valence-electron chi connectivity index (χ2n) is 4.52. The van der Waals surface area contributed by atoms with E-state index in [1.165, 1.54) is 5.56 Å². The normalized spacial score (nSPS) is 9.80. The van der Waals surface area contributed by atoms with Crippen LogP contribution in [0.4, 0.5) is 0 Å². The van der Waals surface area contributed by atoms with Crippen LogP contribution in [-0.2, 0) is 25.0 Å². The van der Waals surface area contributed by atoms with Crippen LogP contribution in [-0.4, -0.2) is 23.4 Å². The molecule has 2 N–H and O–H groups in total. The van der Waals surface area contributed by atoms with E-state index in [2.05, 4.69) is 62.3 Å². The second kappa shape index (κ2) is 15.2. The van der Waals surface area contributed by atoms with E-state index in [0.717, 1.165) is 12.3 Å². The monoisotopic (exact) mass is 356 g/mol. The fraction of sp³-hybridized carbons (Fsp3) is 0.500. The summed E-state index contributed by atoms with van der Waals surface area (Å²) in [4.78, 5) is 4.56. The fourth-order valence-corrected chi connectivity index (χ4v) is 1.50. The van der Waals surface area contributed by atoms with Crippen molar-refractivity contribution in [1.29, 1.82) is 0 Å². The predicted octanol–water partition coefficient (Wildman–Crippen LogP) is -3.00. The third kappa shape index (κ3) is 12.8. The molecule has 1 radical (unpaired) electrons. The molecule has 0 aromatic heterocycles. The van der Waals surface area contributed by atoms with Gasteiger partial charge in [-0.1, -0.05) is 63.9 Å². The average Bonchev–Trinajstić information content (AvgIpc) is 2.16. The number of halogens is 2. The molecule has 1 rings (SSSR count). The Morgan fingerprint density at radius 1 is 1.05 bits per heavy atom. The van der Waals surface area contributed by atoms with Crippen molar-refractivity contribution in [2.75, 3.05) is 0 Å². The number of aliphatic imine (C=N–C) groups is 1. The van der Waals surface area contributed by atoms with E-state index in [1.54, 1.807) is 0 Å². The quantitative estimate of drug-likeness (QED) is 0.408. The summed E-state index contributed by atoms with van der Waals surface area (Å²) < 4.78 is 0. The Kier molecular flexibility index (Phi) is 21.3. The number of rotatable bonds is 4. The molecular formula is C14H23Cl2N2OV-3. The zero-order valence-corrected chi connectivity index (χ0v) is 15.3. The molecule has 6 heteroatoms. The number of benzene rings is 1. The Labute approximate surface area is 147 Å². The van der Waals surface area contributed by atoms with Gasteiger partial charge in [0, 0.05) is 18.6 Å². The van der Waals surface area contributed by atoms with Gasteiger partial charge in [-0.15, -0.1) is 0 Å². The van der Waals surface area contributed by atoms with Gasteiger partial charge in [-0.2, -0.15) is 0 Å². The van der Waals surface area contributed by atoms with Crippen LogP contribution in [0.3, 0.4) is 0 Å². The molecule has 0 aliphatic rings. The minimum atomic E-state index is 0. The van der Waals surface area contributed by atoms with Crippen LogP contribution in [0.1, 0.15) is 33.3 Å². The maximum Gasteiger partial charge on any atom is 0 e. The van der Waals surface area contributed by atoms with Crippen LogP contribution in [0.5, 0.6) is 0 Å². The molecule has 0 saturated carbocycles. The smallest absolute Gasteiger partial charge is 0 e. The van der Waals surface area contributed by atoms with Gasteiger partial charge in [0.05, 0.1) is 0 Å². The standard InChI is InChI=1S/C14H21N2.2ClH.H2O.V/c1-11(2)15-14(16-12(3)4)10-13-8-6-5-7-9-13;;;;/h5-9,11-12H,10H2,1-4H3;2*1H;1H2;/q-1;;;;/p-2. The van der Waals surface area contributed by atoms with Gasteiger partial charge in [0.25, 0.3) is 0 Å². The summed E-state index contributed by atoms with van der Waals surface area (Å²) in [5.41, 5.74) is 1.27. The first-order chi connectivity index (χ1) is 7.58. The van der Waals surface area contributed by atoms with E-state index in [4.69, 9.17) is 0 Å². The van der Waals surface area contributed by atoms with Crippen LogP contribution in [0, 0.1) is 0 Å². The summed E-state index contributed by atoms with van der Waals surface area (Å²) in [7, 11) is 0. The minimum absolute atomic E-state index is 0. The molecule has 0 aliphatic heterocycles. The summed E-state index contributed by atoms with van der Waals surface area (Å²) in [5.74, 6) is 0.955. The fourth-order valence-electron chi connectivity index (χ4n) is 1.50. The molecule has 0 spiro atoms. The van der Waals surface area contributed by atoms with Gasteiger partial charge in [-0.25, -0.2) is 0 Å². The van der Waals surface area contributed by atoms with E-state index >= 15 is 0 Å². The largest absolute Gasteiger partial charge is 1.00 e. The van der Waals surface area contributed by atoms with Crippen molar-refractivity contribution in [3.63, 3.8) is 0 Å². The third-order valence-corrected chi connectivity index (χ3v) is 2.02. The molecule has 0 bridgehead atoms. The Hall–Kier alpha value is -0.186. The van der Waals surface area contributed by atoms with Crippen molar-refractivity contribution in [3.8, 4) is 0 Å². The molecular weight excluding hydrogens is 334 g/mol. The second-order valence-corrected chi connectivity index (χ2v) is 4.52. The molecule has 0 aliphatic carbocycles. The van der Waals surface area contributed by atoms with E-state index < -0.39 is 0 Å². The summed E-state index contributed by atoms with van der Waals surface area (Å²) in [5, 5.41) is 4.56. The first-order valence-corrected chi connectivity index (χ1v) is 5.89. The molecule has 0 fully saturated rings. The van der Waals surface area contributed by atoms with Gasteiger partial charge >= 0.3 is 0 Å². The van der Waals surface area contributed by atoms with Gasteiger partial charge in [0.2, 0.25) is 0 Å². The molecule has 0 amide bonds. The molecule has 3 nitrogen and oxygen atoms in total. The predicted molar refractivity (Wildman–Crippen MR) is 74.8 cm³/mol. The molecule has 0 saturated heterocycles. The van der Waals surface area contributed by atoms with Gasteiger partial charge in [0.1, 0.15) is 0 Å². The molecule has 20 heavy (non-hydrogen) atoms. The number of hydrogen-bond acceptors (Lipinski definition) is 1. The molecule has 117 valence electrons. The van der Waals surface area contributed by atoms with Crippen molar-refractivity contribution in [2.24, 2.45) is 4.99 Å². The summed E-state index contributed by atoms with van der Waals surface area (Å²) >= 11 is 0. The van der Waals surface area contributed by atoms with Gasteiger partial charge < -0.3 is 40.6 Å². The molecule has 1 aromatic carbocycles. The Bertz CT molecular complexity index is 346. The van der Waals surface area contributed by atoms with E-state index in [-0.39, 0.29) is 48.8 Å². The van der Waals surface area contributed by atoms with Gasteiger partial charge in [-0.3, -0.25) is 0 Å². The van der Waals surface area contributed by atoms with Crippen LogP contribution >= 0.6 is 0 Å². The van der Waals surface area contributed by atoms with Gasteiger partial charge in [-0.05, 0) is 24.1 Å². The van der Waals surface area contributed by atoms with E-state index in [9.17, 15) is 0 Å². The molecule has 0 atom stereocenters. The van der Waals surface area contributed by atoms with E-state index in [1.807, 2.05) is 6.07 Å². The Balaban J connectivity index is -0.000000320. The number of nitrogens with zero attached hydrogens (tertiary/aromatic N) is 2. The molecule has 0 heterocycles. The first kappa shape index (κ1) is 28.0. The van der Waals surface area contributed by atoms with Crippen molar-refractivity contribution >= 4 is 5.84 Å². The van der Waals surface area contributed by atoms with Crippen molar-refractivity contribution < 1.29 is 48.8 Å².